The highest BCUT2D eigenvalue weighted by molar-refractivity contribution is 6.18. The Hall–Kier alpha value is -1.31. The molecule has 1 aromatic rings. The van der Waals surface area contributed by atoms with Gasteiger partial charge < -0.3 is 4.42 Å². The Labute approximate surface area is 65.5 Å². The number of Topliss-reactive ketones (excluding diaryl/α,β-unsaturated/α-hetero) is 1. The van der Waals surface area contributed by atoms with Crippen LogP contribution in [-0.4, -0.2) is 5.78 Å². The van der Waals surface area contributed by atoms with E-state index in [1.54, 1.807) is 24.5 Å². The summed E-state index contributed by atoms with van der Waals surface area (Å²) in [6.45, 7) is 3.34. The van der Waals surface area contributed by atoms with E-state index in [4.69, 9.17) is 4.42 Å². The predicted molar refractivity (Wildman–Crippen MR) is 43.0 cm³/mol. The molecule has 2 nitrogen and oxygen atoms in total. The van der Waals surface area contributed by atoms with Gasteiger partial charge in [-0.1, -0.05) is 6.08 Å². The van der Waals surface area contributed by atoms with E-state index in [1.807, 2.05) is 6.92 Å². The molecule has 1 rings (SSSR count). The van der Waals surface area contributed by atoms with Gasteiger partial charge in [0, 0.05) is 0 Å². The molecular formula is C9H10O2. The number of allylic oxidation sites excluding steroid dienone is 2. The Morgan fingerprint density at radius 1 is 1.64 bits per heavy atom. The highest BCUT2D eigenvalue weighted by Gasteiger charge is 2.07. The molecular weight excluding hydrogens is 140 g/mol. The smallest absolute Gasteiger partial charge is 0.163 e. The lowest BCUT2D eigenvalue weighted by Crippen LogP contribution is -1.93. The summed E-state index contributed by atoms with van der Waals surface area (Å²) in [6.07, 6.45) is 3.31. The van der Waals surface area contributed by atoms with E-state index in [9.17, 15) is 4.79 Å². The number of rotatable bonds is 2. The van der Waals surface area contributed by atoms with Gasteiger partial charge in [0.15, 0.2) is 5.78 Å². The second kappa shape index (κ2) is 3.19. The molecule has 0 aliphatic rings. The van der Waals surface area contributed by atoms with E-state index in [2.05, 4.69) is 0 Å². The lowest BCUT2D eigenvalue weighted by molar-refractivity contribution is -0.111. The third-order valence-corrected chi connectivity index (χ3v) is 1.45. The first-order valence-corrected chi connectivity index (χ1v) is 3.47. The van der Waals surface area contributed by atoms with E-state index in [1.165, 1.54) is 6.92 Å². The van der Waals surface area contributed by atoms with Gasteiger partial charge in [-0.05, 0) is 26.0 Å². The molecule has 2 heteroatoms. The Bertz CT molecular complexity index is 268. The van der Waals surface area contributed by atoms with Crippen molar-refractivity contribution in [3.8, 4) is 0 Å². The maximum absolute atomic E-state index is 10.9. The maximum atomic E-state index is 10.9. The zero-order valence-electron chi connectivity index (χ0n) is 6.63. The highest BCUT2D eigenvalue weighted by atomic mass is 16.3. The molecule has 0 saturated carbocycles. The van der Waals surface area contributed by atoms with Crippen molar-refractivity contribution in [2.24, 2.45) is 0 Å². The second-order valence-electron chi connectivity index (χ2n) is 2.24. The summed E-state index contributed by atoms with van der Waals surface area (Å²) < 4.78 is 5.06. The van der Waals surface area contributed by atoms with Crippen molar-refractivity contribution >= 4 is 11.4 Å². The molecule has 0 aliphatic carbocycles. The summed E-state index contributed by atoms with van der Waals surface area (Å²) in [6, 6.07) is 3.54. The Morgan fingerprint density at radius 2 is 2.36 bits per heavy atom. The van der Waals surface area contributed by atoms with Gasteiger partial charge in [0.1, 0.15) is 5.76 Å². The molecule has 0 bridgehead atoms. The monoisotopic (exact) mass is 150 g/mol. The van der Waals surface area contributed by atoms with Crippen molar-refractivity contribution in [2.45, 2.75) is 13.8 Å². The lowest BCUT2D eigenvalue weighted by Gasteiger charge is -1.95. The summed E-state index contributed by atoms with van der Waals surface area (Å²) in [7, 11) is 0. The predicted octanol–water partition coefficient (Wildman–Crippen LogP) is 2.27. The van der Waals surface area contributed by atoms with Crippen molar-refractivity contribution in [3.63, 3.8) is 0 Å². The Balaban J connectivity index is 2.99. The van der Waals surface area contributed by atoms with Crippen molar-refractivity contribution in [3.05, 3.63) is 30.2 Å². The van der Waals surface area contributed by atoms with Gasteiger partial charge in [-0.15, -0.1) is 0 Å². The first kappa shape index (κ1) is 7.79. The van der Waals surface area contributed by atoms with Gasteiger partial charge in [0.05, 0.1) is 11.8 Å². The minimum absolute atomic E-state index is 0.0300. The van der Waals surface area contributed by atoms with Gasteiger partial charge in [-0.3, -0.25) is 4.79 Å². The summed E-state index contributed by atoms with van der Waals surface area (Å²) in [5, 5.41) is 0. The summed E-state index contributed by atoms with van der Waals surface area (Å²) in [5.41, 5.74) is 0.634. The van der Waals surface area contributed by atoms with Gasteiger partial charge in [-0.2, -0.15) is 0 Å². The van der Waals surface area contributed by atoms with Gasteiger partial charge in [-0.25, -0.2) is 0 Å². The number of carbonyl (C=O) groups excluding carboxylic acids is 1. The molecule has 0 saturated heterocycles. The second-order valence-corrected chi connectivity index (χ2v) is 2.24. The highest BCUT2D eigenvalue weighted by Crippen LogP contribution is 2.14. The van der Waals surface area contributed by atoms with Crippen LogP contribution in [0.2, 0.25) is 0 Å². The molecule has 0 amide bonds. The molecule has 11 heavy (non-hydrogen) atoms. The van der Waals surface area contributed by atoms with E-state index in [0.717, 1.165) is 0 Å². The molecule has 0 spiro atoms. The lowest BCUT2D eigenvalue weighted by atomic mass is 10.1. The number of furan rings is 1. The fourth-order valence-electron chi connectivity index (χ4n) is 0.951. The van der Waals surface area contributed by atoms with Crippen molar-refractivity contribution < 1.29 is 9.21 Å². The molecule has 0 aliphatic heterocycles. The Morgan fingerprint density at radius 3 is 2.73 bits per heavy atom. The van der Waals surface area contributed by atoms with E-state index < -0.39 is 0 Å². The third-order valence-electron chi connectivity index (χ3n) is 1.45. The summed E-state index contributed by atoms with van der Waals surface area (Å²) in [4.78, 5) is 10.9. The van der Waals surface area contributed by atoms with Crippen molar-refractivity contribution in [1.82, 2.24) is 0 Å². The molecule has 0 unspecified atom stereocenters. The summed E-state index contributed by atoms with van der Waals surface area (Å²) in [5.74, 6) is 0.669. The van der Waals surface area contributed by atoms with Crippen LogP contribution < -0.4 is 0 Å². The minimum Gasteiger partial charge on any atom is -0.464 e. The van der Waals surface area contributed by atoms with Crippen LogP contribution in [0.3, 0.4) is 0 Å². The van der Waals surface area contributed by atoms with Crippen LogP contribution in [0.4, 0.5) is 0 Å². The van der Waals surface area contributed by atoms with Crippen LogP contribution in [0.15, 0.2) is 28.9 Å². The average Bonchev–Trinajstić information content (AvgIpc) is 2.40. The molecule has 1 heterocycles. The number of hydrogen-bond donors (Lipinski definition) is 0. The van der Waals surface area contributed by atoms with Gasteiger partial charge >= 0.3 is 0 Å². The largest absolute Gasteiger partial charge is 0.464 e. The summed E-state index contributed by atoms with van der Waals surface area (Å²) >= 11 is 0. The molecule has 1 aromatic heterocycles. The van der Waals surface area contributed by atoms with Crippen LogP contribution in [0.25, 0.3) is 5.57 Å². The van der Waals surface area contributed by atoms with Gasteiger partial charge in [0.25, 0.3) is 0 Å². The normalized spacial score (nSPS) is 11.6. The van der Waals surface area contributed by atoms with Crippen LogP contribution in [0.5, 0.6) is 0 Å². The number of carbonyl (C=O) groups is 1. The number of ketones is 1. The first-order valence-electron chi connectivity index (χ1n) is 3.47. The quantitative estimate of drug-likeness (QED) is 0.605. The molecule has 58 valence electrons. The molecule has 0 radical (unpaired) electrons. The minimum atomic E-state index is 0.0300. The number of hydrogen-bond acceptors (Lipinski definition) is 2. The van der Waals surface area contributed by atoms with Gasteiger partial charge in [0.2, 0.25) is 0 Å². The van der Waals surface area contributed by atoms with Crippen LogP contribution in [-0.2, 0) is 4.79 Å². The first-order chi connectivity index (χ1) is 5.25. The van der Waals surface area contributed by atoms with Crippen LogP contribution in [0, 0.1) is 0 Å². The molecule has 0 N–H and O–H groups in total. The third kappa shape index (κ3) is 1.58. The van der Waals surface area contributed by atoms with E-state index >= 15 is 0 Å². The standard InChI is InChI=1S/C9H10O2/c1-3-8(7(2)10)9-5-4-6-11-9/h3-6H,1-2H3/b8-3+. The molecule has 0 aromatic carbocycles. The maximum Gasteiger partial charge on any atom is 0.163 e. The van der Waals surface area contributed by atoms with Crippen LogP contribution in [0.1, 0.15) is 19.6 Å². The molecule has 0 fully saturated rings. The fraction of sp³-hybridized carbons (Fsp3) is 0.222. The zero-order valence-corrected chi connectivity index (χ0v) is 6.63. The van der Waals surface area contributed by atoms with Crippen LogP contribution >= 0.6 is 0 Å². The SMILES string of the molecule is C/C=C(\C(C)=O)c1ccco1. The fourth-order valence-corrected chi connectivity index (χ4v) is 0.951. The van der Waals surface area contributed by atoms with E-state index in [-0.39, 0.29) is 5.78 Å². The van der Waals surface area contributed by atoms with E-state index in [0.29, 0.717) is 11.3 Å². The topological polar surface area (TPSA) is 30.2 Å². The average molecular weight is 150 g/mol. The molecule has 0 atom stereocenters. The Kier molecular flexibility index (Phi) is 2.26. The van der Waals surface area contributed by atoms with Crippen molar-refractivity contribution in [2.75, 3.05) is 0 Å². The zero-order chi connectivity index (χ0) is 8.27. The van der Waals surface area contributed by atoms with Crippen molar-refractivity contribution in [1.29, 1.82) is 0 Å².